The minimum absolute atomic E-state index is 0.0671. The Bertz CT molecular complexity index is 355. The van der Waals surface area contributed by atoms with Gasteiger partial charge < -0.3 is 9.80 Å². The second-order valence-corrected chi connectivity index (χ2v) is 7.29. The smallest absolute Gasteiger partial charge is 0.137 e. The Labute approximate surface area is 143 Å². The maximum absolute atomic E-state index is 5.95. The van der Waals surface area contributed by atoms with Crippen LogP contribution in [0.3, 0.4) is 0 Å². The van der Waals surface area contributed by atoms with E-state index in [0.29, 0.717) is 5.92 Å². The molecule has 4 heteroatoms. The Morgan fingerprint density at radius 1 is 1.19 bits per heavy atom. The molecule has 2 atom stereocenters. The van der Waals surface area contributed by atoms with Crippen molar-refractivity contribution in [2.75, 3.05) is 13.6 Å². The molecule has 0 amide bonds. The summed E-state index contributed by atoms with van der Waals surface area (Å²) in [6.07, 6.45) is 3.34. The molecule has 0 heterocycles. The van der Waals surface area contributed by atoms with E-state index in [4.69, 9.17) is 24.4 Å². The maximum Gasteiger partial charge on any atom is 0.137 e. The van der Waals surface area contributed by atoms with E-state index in [1.807, 2.05) is 11.9 Å². The number of rotatable bonds is 9. The van der Waals surface area contributed by atoms with Gasteiger partial charge >= 0.3 is 0 Å². The molecule has 0 spiro atoms. The first-order valence-corrected chi connectivity index (χ1v) is 8.88. The summed E-state index contributed by atoms with van der Waals surface area (Å²) in [5.74, 6) is 0.414. The van der Waals surface area contributed by atoms with Crippen LogP contribution in [0.2, 0.25) is 0 Å². The number of nitrogens with zero attached hydrogens (tertiary/aromatic N) is 2. The Morgan fingerprint density at radius 2 is 1.71 bits per heavy atom. The molecule has 0 aromatic carbocycles. The minimum atomic E-state index is -0.271. The normalized spacial score (nSPS) is 16.0. The summed E-state index contributed by atoms with van der Waals surface area (Å²) in [7, 11) is 1.99. The number of hydrogen-bond acceptors (Lipinski definition) is 2. The van der Waals surface area contributed by atoms with Crippen LogP contribution in [0.1, 0.15) is 67.7 Å². The van der Waals surface area contributed by atoms with Gasteiger partial charge in [-0.05, 0) is 40.0 Å². The molecule has 21 heavy (non-hydrogen) atoms. The molecule has 0 saturated heterocycles. The summed E-state index contributed by atoms with van der Waals surface area (Å²) in [5.41, 5.74) is 2.66. The molecule has 1 radical (unpaired) electrons. The van der Waals surface area contributed by atoms with Crippen LogP contribution in [0.15, 0.2) is 0 Å². The van der Waals surface area contributed by atoms with Gasteiger partial charge in [-0.2, -0.15) is 0 Å². The topological polar surface area (TPSA) is 6.48 Å². The monoisotopic (exact) mass is 329 g/mol. The molecule has 0 aliphatic rings. The summed E-state index contributed by atoms with van der Waals surface area (Å²) < 4.78 is 0. The molecule has 2 nitrogen and oxygen atoms in total. The molecule has 0 aromatic rings. The van der Waals surface area contributed by atoms with Gasteiger partial charge in [0.1, 0.15) is 10.5 Å². The van der Waals surface area contributed by atoms with E-state index in [-0.39, 0.29) is 11.1 Å². The van der Waals surface area contributed by atoms with Crippen LogP contribution in [-0.2, 0) is 0 Å². The van der Waals surface area contributed by atoms with Crippen molar-refractivity contribution in [1.82, 2.24) is 9.80 Å². The summed E-state index contributed by atoms with van der Waals surface area (Å²) in [5, 5.41) is 0. The fourth-order valence-electron chi connectivity index (χ4n) is 3.04. The van der Waals surface area contributed by atoms with Gasteiger partial charge in [-0.1, -0.05) is 58.0 Å². The van der Waals surface area contributed by atoms with Crippen LogP contribution in [0.25, 0.3) is 0 Å². The lowest BCUT2D eigenvalue weighted by Gasteiger charge is -2.50. The van der Waals surface area contributed by atoms with Crippen molar-refractivity contribution < 1.29 is 0 Å². The molecule has 0 aliphatic carbocycles. The van der Waals surface area contributed by atoms with E-state index in [2.05, 4.69) is 58.9 Å². The van der Waals surface area contributed by atoms with Gasteiger partial charge in [0.25, 0.3) is 0 Å². The summed E-state index contributed by atoms with van der Waals surface area (Å²) in [6, 6.07) is 0. The van der Waals surface area contributed by atoms with Crippen molar-refractivity contribution in [3.8, 4) is 0 Å². The van der Waals surface area contributed by atoms with Gasteiger partial charge in [0, 0.05) is 19.1 Å². The van der Waals surface area contributed by atoms with Gasteiger partial charge in [0.15, 0.2) is 0 Å². The fourth-order valence-corrected chi connectivity index (χ4v) is 3.95. The molecule has 0 saturated carbocycles. The van der Waals surface area contributed by atoms with Crippen LogP contribution in [0.4, 0.5) is 0 Å². The van der Waals surface area contributed by atoms with Crippen LogP contribution in [0, 0.1) is 5.92 Å². The zero-order chi connectivity index (χ0) is 16.8. The SMILES string of the molecule is CCCC(C)(C)N(CC)C(=S)C(C)(C(C)CC)N(C)[C]=S. The van der Waals surface area contributed by atoms with E-state index in [1.54, 1.807) is 0 Å². The highest BCUT2D eigenvalue weighted by Gasteiger charge is 2.43. The van der Waals surface area contributed by atoms with E-state index >= 15 is 0 Å². The lowest BCUT2D eigenvalue weighted by Crippen LogP contribution is -2.62. The molecule has 0 aliphatic heterocycles. The zero-order valence-corrected chi connectivity index (χ0v) is 16.7. The number of hydrogen-bond donors (Lipinski definition) is 0. The summed E-state index contributed by atoms with van der Waals surface area (Å²) in [6.45, 7) is 16.5. The third kappa shape index (κ3) is 4.38. The van der Waals surface area contributed by atoms with Gasteiger partial charge in [0.05, 0.1) is 5.54 Å². The van der Waals surface area contributed by atoms with E-state index < -0.39 is 0 Å². The highest BCUT2D eigenvalue weighted by molar-refractivity contribution is 7.80. The molecular formula is C17H33N2S2. The molecule has 0 rings (SSSR count). The maximum atomic E-state index is 5.95. The molecule has 123 valence electrons. The third-order valence-corrected chi connectivity index (χ3v) is 5.90. The van der Waals surface area contributed by atoms with Crippen molar-refractivity contribution in [3.05, 3.63) is 0 Å². The van der Waals surface area contributed by atoms with Crippen molar-refractivity contribution in [2.24, 2.45) is 5.92 Å². The first-order chi connectivity index (χ1) is 9.63. The second kappa shape index (κ2) is 8.42. The first-order valence-electron chi connectivity index (χ1n) is 8.07. The van der Waals surface area contributed by atoms with E-state index in [9.17, 15) is 0 Å². The average molecular weight is 330 g/mol. The largest absolute Gasteiger partial charge is 0.359 e. The van der Waals surface area contributed by atoms with E-state index in [1.165, 1.54) is 0 Å². The minimum Gasteiger partial charge on any atom is -0.359 e. The quantitative estimate of drug-likeness (QED) is 0.443. The molecule has 0 N–H and O–H groups in total. The first kappa shape index (κ1) is 20.8. The second-order valence-electron chi connectivity index (χ2n) is 6.72. The van der Waals surface area contributed by atoms with Crippen LogP contribution in [-0.4, -0.2) is 45.0 Å². The zero-order valence-electron chi connectivity index (χ0n) is 15.1. The Balaban J connectivity index is 5.70. The number of thiocarbonyl (C=S) groups is 2. The summed E-state index contributed by atoms with van der Waals surface area (Å²) >= 11 is 11.0. The number of likely N-dealkylation sites (N-methyl/N-ethyl adjacent to an activating group) is 2. The highest BCUT2D eigenvalue weighted by Crippen LogP contribution is 2.33. The fraction of sp³-hybridized carbons (Fsp3) is 0.882. The molecule has 0 aromatic heterocycles. The lowest BCUT2D eigenvalue weighted by atomic mass is 9.81. The molecule has 0 bridgehead atoms. The molecular weight excluding hydrogens is 296 g/mol. The Hall–Kier alpha value is -0.220. The Kier molecular flexibility index (Phi) is 8.33. The average Bonchev–Trinajstić information content (AvgIpc) is 2.44. The van der Waals surface area contributed by atoms with Crippen LogP contribution >= 0.6 is 24.4 Å². The van der Waals surface area contributed by atoms with Gasteiger partial charge in [-0.15, -0.1) is 0 Å². The van der Waals surface area contributed by atoms with Crippen molar-refractivity contribution in [2.45, 2.75) is 78.8 Å². The molecule has 2 unspecified atom stereocenters. The Morgan fingerprint density at radius 3 is 2.05 bits per heavy atom. The molecule has 0 fully saturated rings. The van der Waals surface area contributed by atoms with Crippen LogP contribution in [0.5, 0.6) is 0 Å². The highest BCUT2D eigenvalue weighted by atomic mass is 32.1. The lowest BCUT2D eigenvalue weighted by molar-refractivity contribution is 0.157. The standard InChI is InChI=1S/C17H33N2S2/c1-9-12-16(5,6)19(11-3)15(21)17(7,14(4)10-2)18(8)13-20/h14H,9-12H2,1-8H3. The van der Waals surface area contributed by atoms with E-state index in [0.717, 1.165) is 30.8 Å². The predicted molar refractivity (Wildman–Crippen MR) is 102 cm³/mol. The van der Waals surface area contributed by atoms with Crippen molar-refractivity contribution in [1.29, 1.82) is 0 Å². The van der Waals surface area contributed by atoms with Gasteiger partial charge in [-0.25, -0.2) is 0 Å². The summed E-state index contributed by atoms with van der Waals surface area (Å²) in [4.78, 5) is 5.35. The third-order valence-electron chi connectivity index (χ3n) is 4.99. The van der Waals surface area contributed by atoms with Gasteiger partial charge in [-0.3, -0.25) is 0 Å². The van der Waals surface area contributed by atoms with Crippen LogP contribution < -0.4 is 0 Å². The van der Waals surface area contributed by atoms with Crippen molar-refractivity contribution >= 4 is 34.9 Å². The van der Waals surface area contributed by atoms with Crippen molar-refractivity contribution in [3.63, 3.8) is 0 Å². The predicted octanol–water partition coefficient (Wildman–Crippen LogP) is 4.79. The van der Waals surface area contributed by atoms with Gasteiger partial charge in [0.2, 0.25) is 0 Å².